The van der Waals surface area contributed by atoms with Crippen LogP contribution in [-0.4, -0.2) is 34.5 Å². The van der Waals surface area contributed by atoms with Crippen LogP contribution in [0.2, 0.25) is 0 Å². The molecular formula is C14H24N4. The van der Waals surface area contributed by atoms with Crippen molar-refractivity contribution in [3.8, 4) is 0 Å². The Morgan fingerprint density at radius 1 is 1.39 bits per heavy atom. The van der Waals surface area contributed by atoms with Gasteiger partial charge >= 0.3 is 0 Å². The molecule has 0 amide bonds. The molecule has 0 aromatic carbocycles. The van der Waals surface area contributed by atoms with E-state index >= 15 is 0 Å². The first-order chi connectivity index (χ1) is 8.81. The molecule has 2 rings (SSSR count). The van der Waals surface area contributed by atoms with Gasteiger partial charge in [-0.15, -0.1) is 0 Å². The van der Waals surface area contributed by atoms with E-state index in [4.69, 9.17) is 0 Å². The fraction of sp³-hybridized carbons (Fsp3) is 0.714. The van der Waals surface area contributed by atoms with E-state index in [1.165, 1.54) is 25.8 Å². The minimum Gasteiger partial charge on any atom is -0.354 e. The molecule has 1 heterocycles. The van der Waals surface area contributed by atoms with Crippen LogP contribution >= 0.6 is 0 Å². The molecule has 1 aromatic rings. The van der Waals surface area contributed by atoms with Crippen LogP contribution < -0.4 is 5.32 Å². The van der Waals surface area contributed by atoms with Crippen molar-refractivity contribution in [3.63, 3.8) is 0 Å². The van der Waals surface area contributed by atoms with Gasteiger partial charge in [0, 0.05) is 25.8 Å². The van der Waals surface area contributed by atoms with E-state index in [1.807, 2.05) is 12.3 Å². The summed E-state index contributed by atoms with van der Waals surface area (Å²) in [6, 6.07) is 2.02. The van der Waals surface area contributed by atoms with E-state index in [1.54, 1.807) is 0 Å². The molecule has 1 aliphatic carbocycles. The molecule has 1 aromatic heterocycles. The SMILES string of the molecule is CCNc1nccc(CN(CC)CC2CCC2)n1. The Hall–Kier alpha value is -1.16. The van der Waals surface area contributed by atoms with Gasteiger partial charge in [0.05, 0.1) is 5.69 Å². The molecule has 1 aliphatic rings. The summed E-state index contributed by atoms with van der Waals surface area (Å²) in [5.41, 5.74) is 1.11. The van der Waals surface area contributed by atoms with Gasteiger partial charge in [-0.1, -0.05) is 13.3 Å². The Morgan fingerprint density at radius 3 is 2.83 bits per heavy atom. The second-order valence-electron chi connectivity index (χ2n) is 5.03. The smallest absolute Gasteiger partial charge is 0.222 e. The van der Waals surface area contributed by atoms with Crippen molar-refractivity contribution in [2.75, 3.05) is 25.0 Å². The average Bonchev–Trinajstić information content (AvgIpc) is 2.33. The van der Waals surface area contributed by atoms with Crippen LogP contribution in [0.4, 0.5) is 5.95 Å². The Labute approximate surface area is 110 Å². The topological polar surface area (TPSA) is 41.1 Å². The average molecular weight is 248 g/mol. The predicted octanol–water partition coefficient (Wildman–Crippen LogP) is 2.53. The second kappa shape index (κ2) is 6.69. The van der Waals surface area contributed by atoms with Gasteiger partial charge < -0.3 is 5.32 Å². The Balaban J connectivity index is 1.90. The molecule has 0 unspecified atom stereocenters. The van der Waals surface area contributed by atoms with Crippen molar-refractivity contribution >= 4 is 5.95 Å². The van der Waals surface area contributed by atoms with Crippen LogP contribution in [0.25, 0.3) is 0 Å². The lowest BCUT2D eigenvalue weighted by Crippen LogP contribution is -2.32. The van der Waals surface area contributed by atoms with Crippen molar-refractivity contribution < 1.29 is 0 Å². The number of anilines is 1. The lowest BCUT2D eigenvalue weighted by molar-refractivity contribution is 0.177. The zero-order valence-electron chi connectivity index (χ0n) is 11.5. The Morgan fingerprint density at radius 2 is 2.22 bits per heavy atom. The lowest BCUT2D eigenvalue weighted by Gasteiger charge is -2.31. The summed E-state index contributed by atoms with van der Waals surface area (Å²) in [7, 11) is 0. The molecule has 100 valence electrons. The van der Waals surface area contributed by atoms with Crippen LogP contribution in [0.3, 0.4) is 0 Å². The zero-order valence-corrected chi connectivity index (χ0v) is 11.5. The van der Waals surface area contributed by atoms with Crippen LogP contribution in [0.5, 0.6) is 0 Å². The number of nitrogens with zero attached hydrogens (tertiary/aromatic N) is 3. The van der Waals surface area contributed by atoms with Gasteiger partial charge in [-0.3, -0.25) is 4.90 Å². The first-order valence-electron chi connectivity index (χ1n) is 7.10. The van der Waals surface area contributed by atoms with Gasteiger partial charge in [-0.25, -0.2) is 9.97 Å². The van der Waals surface area contributed by atoms with Crippen molar-refractivity contribution in [1.82, 2.24) is 14.9 Å². The number of hydrogen-bond donors (Lipinski definition) is 1. The van der Waals surface area contributed by atoms with E-state index in [-0.39, 0.29) is 0 Å². The molecule has 1 fully saturated rings. The first-order valence-corrected chi connectivity index (χ1v) is 7.10. The number of rotatable bonds is 7. The third-order valence-electron chi connectivity index (χ3n) is 3.62. The summed E-state index contributed by atoms with van der Waals surface area (Å²) in [6.07, 6.45) is 6.07. The number of aromatic nitrogens is 2. The van der Waals surface area contributed by atoms with Crippen molar-refractivity contribution in [1.29, 1.82) is 0 Å². The second-order valence-corrected chi connectivity index (χ2v) is 5.03. The largest absolute Gasteiger partial charge is 0.354 e. The molecule has 0 atom stereocenters. The highest BCUT2D eigenvalue weighted by molar-refractivity contribution is 5.24. The zero-order chi connectivity index (χ0) is 12.8. The van der Waals surface area contributed by atoms with Gasteiger partial charge in [0.2, 0.25) is 5.95 Å². The summed E-state index contributed by atoms with van der Waals surface area (Å²) in [6.45, 7) is 8.40. The normalized spacial score (nSPS) is 15.7. The molecule has 0 aliphatic heterocycles. The maximum Gasteiger partial charge on any atom is 0.222 e. The van der Waals surface area contributed by atoms with Gasteiger partial charge in [0.15, 0.2) is 0 Å². The van der Waals surface area contributed by atoms with Crippen LogP contribution in [0, 0.1) is 5.92 Å². The predicted molar refractivity (Wildman–Crippen MR) is 74.5 cm³/mol. The van der Waals surface area contributed by atoms with Crippen molar-refractivity contribution in [2.24, 2.45) is 5.92 Å². The van der Waals surface area contributed by atoms with Gasteiger partial charge in [-0.05, 0) is 38.3 Å². The fourth-order valence-corrected chi connectivity index (χ4v) is 2.30. The highest BCUT2D eigenvalue weighted by Crippen LogP contribution is 2.27. The molecule has 1 saturated carbocycles. The number of nitrogens with one attached hydrogen (secondary N) is 1. The molecule has 18 heavy (non-hydrogen) atoms. The fourth-order valence-electron chi connectivity index (χ4n) is 2.30. The quantitative estimate of drug-likeness (QED) is 0.805. The van der Waals surface area contributed by atoms with Crippen LogP contribution in [-0.2, 0) is 6.54 Å². The van der Waals surface area contributed by atoms with Gasteiger partial charge in [0.1, 0.15) is 0 Å². The highest BCUT2D eigenvalue weighted by Gasteiger charge is 2.20. The molecule has 1 N–H and O–H groups in total. The highest BCUT2D eigenvalue weighted by atomic mass is 15.1. The number of hydrogen-bond acceptors (Lipinski definition) is 4. The van der Waals surface area contributed by atoms with Crippen molar-refractivity contribution in [2.45, 2.75) is 39.7 Å². The van der Waals surface area contributed by atoms with Gasteiger partial charge in [-0.2, -0.15) is 0 Å². The van der Waals surface area contributed by atoms with E-state index in [0.717, 1.165) is 37.2 Å². The Bertz CT molecular complexity index is 363. The molecule has 0 saturated heterocycles. The summed E-state index contributed by atoms with van der Waals surface area (Å²) < 4.78 is 0. The third kappa shape index (κ3) is 3.67. The monoisotopic (exact) mass is 248 g/mol. The van der Waals surface area contributed by atoms with Gasteiger partial charge in [0.25, 0.3) is 0 Å². The van der Waals surface area contributed by atoms with Crippen LogP contribution in [0.15, 0.2) is 12.3 Å². The minimum absolute atomic E-state index is 0.745. The summed E-state index contributed by atoms with van der Waals surface area (Å²) >= 11 is 0. The third-order valence-corrected chi connectivity index (χ3v) is 3.62. The summed E-state index contributed by atoms with van der Waals surface area (Å²) in [4.78, 5) is 11.2. The summed E-state index contributed by atoms with van der Waals surface area (Å²) in [5.74, 6) is 1.66. The standard InChI is InChI=1S/C14H24N4/c1-3-15-14-16-9-8-13(17-14)11-18(4-2)10-12-6-5-7-12/h8-9,12H,3-7,10-11H2,1-2H3,(H,15,16,17). The maximum atomic E-state index is 4.54. The van der Waals surface area contributed by atoms with E-state index in [0.29, 0.717) is 0 Å². The first kappa shape index (κ1) is 13.3. The molecule has 4 nitrogen and oxygen atoms in total. The molecule has 0 bridgehead atoms. The van der Waals surface area contributed by atoms with E-state index in [2.05, 4.69) is 34.0 Å². The maximum absolute atomic E-state index is 4.54. The summed E-state index contributed by atoms with van der Waals surface area (Å²) in [5, 5.41) is 3.16. The Kier molecular flexibility index (Phi) is 4.93. The molecular weight excluding hydrogens is 224 g/mol. The van der Waals surface area contributed by atoms with E-state index < -0.39 is 0 Å². The lowest BCUT2D eigenvalue weighted by atomic mass is 9.85. The van der Waals surface area contributed by atoms with E-state index in [9.17, 15) is 0 Å². The van der Waals surface area contributed by atoms with Crippen molar-refractivity contribution in [3.05, 3.63) is 18.0 Å². The molecule has 4 heteroatoms. The minimum atomic E-state index is 0.745. The van der Waals surface area contributed by atoms with Crippen LogP contribution in [0.1, 0.15) is 38.8 Å². The molecule has 0 radical (unpaired) electrons. The molecule has 0 spiro atoms.